The van der Waals surface area contributed by atoms with E-state index in [2.05, 4.69) is 4.90 Å². The van der Waals surface area contributed by atoms with Crippen LogP contribution in [0.5, 0.6) is 0 Å². The molecule has 2 amide bonds. The van der Waals surface area contributed by atoms with Gasteiger partial charge in [0.05, 0.1) is 5.92 Å². The van der Waals surface area contributed by atoms with Crippen molar-refractivity contribution in [2.45, 2.75) is 12.8 Å². The molecule has 2 rings (SSSR count). The molecule has 0 aliphatic carbocycles. The molecule has 0 saturated carbocycles. The van der Waals surface area contributed by atoms with Crippen LogP contribution < -0.4 is 0 Å². The van der Waals surface area contributed by atoms with E-state index in [-0.39, 0.29) is 11.9 Å². The summed E-state index contributed by atoms with van der Waals surface area (Å²) in [4.78, 5) is 28.3. The van der Waals surface area contributed by atoms with Gasteiger partial charge in [-0.05, 0) is 25.9 Å². The van der Waals surface area contributed by atoms with Crippen molar-refractivity contribution < 1.29 is 14.7 Å². The van der Waals surface area contributed by atoms with Crippen LogP contribution in [-0.2, 0) is 4.79 Å². The first-order valence-electron chi connectivity index (χ1n) is 6.53. The Morgan fingerprint density at radius 2 is 1.89 bits per heavy atom. The van der Waals surface area contributed by atoms with E-state index in [1.807, 2.05) is 0 Å². The zero-order valence-electron chi connectivity index (χ0n) is 10.8. The average Bonchev–Trinajstić information content (AvgIpc) is 2.75. The molecule has 6 heteroatoms. The molecule has 0 bridgehead atoms. The number of likely N-dealkylation sites (N-methyl/N-ethyl adjacent to an activating group) is 1. The molecule has 0 aromatic heterocycles. The van der Waals surface area contributed by atoms with Gasteiger partial charge in [0.1, 0.15) is 0 Å². The highest BCUT2D eigenvalue weighted by molar-refractivity contribution is 5.79. The van der Waals surface area contributed by atoms with E-state index < -0.39 is 5.97 Å². The van der Waals surface area contributed by atoms with Crippen molar-refractivity contribution in [3.05, 3.63) is 0 Å². The highest BCUT2D eigenvalue weighted by atomic mass is 16.4. The third-order valence-corrected chi connectivity index (χ3v) is 3.78. The second-order valence-corrected chi connectivity index (χ2v) is 5.19. The van der Waals surface area contributed by atoms with Crippen molar-refractivity contribution in [2.24, 2.45) is 5.92 Å². The molecule has 0 atom stereocenters. The van der Waals surface area contributed by atoms with Crippen LogP contribution in [0, 0.1) is 5.92 Å². The lowest BCUT2D eigenvalue weighted by Gasteiger charge is -2.39. The molecule has 1 N–H and O–H groups in total. The van der Waals surface area contributed by atoms with Gasteiger partial charge in [-0.3, -0.25) is 4.79 Å². The Morgan fingerprint density at radius 3 is 2.44 bits per heavy atom. The van der Waals surface area contributed by atoms with Gasteiger partial charge in [-0.25, -0.2) is 4.79 Å². The summed E-state index contributed by atoms with van der Waals surface area (Å²) in [6, 6.07) is -0.0494. The molecule has 18 heavy (non-hydrogen) atoms. The number of carbonyl (C=O) groups excluding carboxylic acids is 1. The number of hydrogen-bond donors (Lipinski definition) is 1. The fraction of sp³-hybridized carbons (Fsp3) is 0.833. The standard InChI is InChI=1S/C12H21N3O3/c1-13(6-7-14-4-2-3-5-14)12(18)15-8-10(9-15)11(16)17/h10H,2-9H2,1H3,(H,16,17). The molecule has 6 nitrogen and oxygen atoms in total. The normalized spacial score (nSPS) is 20.8. The molecule has 0 radical (unpaired) electrons. The van der Waals surface area contributed by atoms with Crippen LogP contribution in [0.15, 0.2) is 0 Å². The van der Waals surface area contributed by atoms with Gasteiger partial charge in [0.15, 0.2) is 0 Å². The van der Waals surface area contributed by atoms with Crippen molar-refractivity contribution in [1.82, 2.24) is 14.7 Å². The third-order valence-electron chi connectivity index (χ3n) is 3.78. The maximum absolute atomic E-state index is 11.9. The maximum Gasteiger partial charge on any atom is 0.319 e. The van der Waals surface area contributed by atoms with Gasteiger partial charge < -0.3 is 19.8 Å². The summed E-state index contributed by atoms with van der Waals surface area (Å²) >= 11 is 0. The van der Waals surface area contributed by atoms with Crippen molar-refractivity contribution in [3.63, 3.8) is 0 Å². The first kappa shape index (κ1) is 13.1. The molecule has 102 valence electrons. The van der Waals surface area contributed by atoms with E-state index in [9.17, 15) is 9.59 Å². The Morgan fingerprint density at radius 1 is 1.28 bits per heavy atom. The van der Waals surface area contributed by atoms with Crippen LogP contribution in [-0.4, -0.2) is 78.1 Å². The van der Waals surface area contributed by atoms with Crippen LogP contribution in [0.25, 0.3) is 0 Å². The Labute approximate surface area is 107 Å². The van der Waals surface area contributed by atoms with Gasteiger partial charge in [0.2, 0.25) is 0 Å². The first-order valence-corrected chi connectivity index (χ1v) is 6.53. The minimum atomic E-state index is -0.807. The van der Waals surface area contributed by atoms with Gasteiger partial charge in [-0.2, -0.15) is 0 Å². The molecule has 0 spiro atoms. The highest BCUT2D eigenvalue weighted by Crippen LogP contribution is 2.17. The number of carboxylic acid groups (broad SMARTS) is 1. The lowest BCUT2D eigenvalue weighted by molar-refractivity contribution is -0.146. The summed E-state index contributed by atoms with van der Waals surface area (Å²) in [6.07, 6.45) is 2.51. The quantitative estimate of drug-likeness (QED) is 0.776. The topological polar surface area (TPSA) is 64.1 Å². The van der Waals surface area contributed by atoms with Gasteiger partial charge in [-0.15, -0.1) is 0 Å². The summed E-state index contributed by atoms with van der Waals surface area (Å²) in [5.74, 6) is -1.18. The van der Waals surface area contributed by atoms with Crippen LogP contribution in [0.1, 0.15) is 12.8 Å². The van der Waals surface area contributed by atoms with Crippen LogP contribution >= 0.6 is 0 Å². The molecular weight excluding hydrogens is 234 g/mol. The predicted octanol–water partition coefficient (Wildman–Crippen LogP) is 0.150. The fourth-order valence-corrected chi connectivity index (χ4v) is 2.43. The number of rotatable bonds is 4. The predicted molar refractivity (Wildman–Crippen MR) is 66.4 cm³/mol. The summed E-state index contributed by atoms with van der Waals surface area (Å²) in [7, 11) is 1.78. The summed E-state index contributed by atoms with van der Waals surface area (Å²) in [6.45, 7) is 4.59. The summed E-state index contributed by atoms with van der Waals surface area (Å²) in [5.41, 5.74) is 0. The van der Waals surface area contributed by atoms with Gasteiger partial charge in [-0.1, -0.05) is 0 Å². The Bertz CT molecular complexity index is 323. The zero-order valence-corrected chi connectivity index (χ0v) is 10.8. The Kier molecular flexibility index (Phi) is 4.06. The van der Waals surface area contributed by atoms with E-state index in [1.165, 1.54) is 12.8 Å². The second-order valence-electron chi connectivity index (χ2n) is 5.19. The minimum absolute atomic E-state index is 0.0494. The van der Waals surface area contributed by atoms with E-state index in [1.54, 1.807) is 16.8 Å². The van der Waals surface area contributed by atoms with E-state index in [0.29, 0.717) is 19.6 Å². The molecule has 0 aromatic carbocycles. The average molecular weight is 255 g/mol. The highest BCUT2D eigenvalue weighted by Gasteiger charge is 2.36. The third kappa shape index (κ3) is 2.93. The molecule has 2 aliphatic heterocycles. The number of likely N-dealkylation sites (tertiary alicyclic amines) is 2. The lowest BCUT2D eigenvalue weighted by Crippen LogP contribution is -2.56. The van der Waals surface area contributed by atoms with Crippen molar-refractivity contribution in [1.29, 1.82) is 0 Å². The number of amides is 2. The Balaban J connectivity index is 1.67. The zero-order chi connectivity index (χ0) is 13.1. The molecule has 0 unspecified atom stereocenters. The molecular formula is C12H21N3O3. The van der Waals surface area contributed by atoms with Gasteiger partial charge >= 0.3 is 12.0 Å². The molecule has 0 aromatic rings. The SMILES string of the molecule is CN(CCN1CCCC1)C(=O)N1CC(C(=O)O)C1. The molecule has 2 heterocycles. The molecule has 2 fully saturated rings. The van der Waals surface area contributed by atoms with Crippen molar-refractivity contribution in [3.8, 4) is 0 Å². The maximum atomic E-state index is 11.9. The van der Waals surface area contributed by atoms with Crippen LogP contribution in [0.3, 0.4) is 0 Å². The van der Waals surface area contributed by atoms with Crippen molar-refractivity contribution >= 4 is 12.0 Å². The fourth-order valence-electron chi connectivity index (χ4n) is 2.43. The van der Waals surface area contributed by atoms with Crippen LogP contribution in [0.4, 0.5) is 4.79 Å². The van der Waals surface area contributed by atoms with E-state index >= 15 is 0 Å². The number of nitrogens with zero attached hydrogens (tertiary/aromatic N) is 3. The monoisotopic (exact) mass is 255 g/mol. The largest absolute Gasteiger partial charge is 0.481 e. The number of hydrogen-bond acceptors (Lipinski definition) is 3. The molecule has 2 aliphatic rings. The number of carbonyl (C=O) groups is 2. The Hall–Kier alpha value is -1.30. The summed E-state index contributed by atoms with van der Waals surface area (Å²) in [5, 5.41) is 8.76. The lowest BCUT2D eigenvalue weighted by atomic mass is 10.0. The number of carboxylic acids is 1. The first-order chi connectivity index (χ1) is 8.58. The molecule has 2 saturated heterocycles. The minimum Gasteiger partial charge on any atom is -0.481 e. The summed E-state index contributed by atoms with van der Waals surface area (Å²) < 4.78 is 0. The second kappa shape index (κ2) is 5.56. The number of urea groups is 1. The number of aliphatic carboxylic acids is 1. The van der Waals surface area contributed by atoms with Gasteiger partial charge in [0, 0.05) is 33.2 Å². The van der Waals surface area contributed by atoms with Crippen LogP contribution in [0.2, 0.25) is 0 Å². The smallest absolute Gasteiger partial charge is 0.319 e. The van der Waals surface area contributed by atoms with Gasteiger partial charge in [0.25, 0.3) is 0 Å². The van der Waals surface area contributed by atoms with E-state index in [0.717, 1.165) is 19.6 Å². The van der Waals surface area contributed by atoms with E-state index in [4.69, 9.17) is 5.11 Å². The van der Waals surface area contributed by atoms with Crippen molar-refractivity contribution in [2.75, 3.05) is 46.3 Å².